The van der Waals surface area contributed by atoms with E-state index >= 15 is 0 Å². The molecule has 3 unspecified atom stereocenters. The number of phosphoric ester groups is 1. The van der Waals surface area contributed by atoms with Gasteiger partial charge in [0.25, 0.3) is 0 Å². The highest BCUT2D eigenvalue weighted by Gasteiger charge is 2.27. The molecule has 0 amide bonds. The number of carbonyl (C=O) groups excluding carboxylic acids is 2. The molecule has 0 aromatic carbocycles. The van der Waals surface area contributed by atoms with Crippen LogP contribution in [0.3, 0.4) is 0 Å². The van der Waals surface area contributed by atoms with Crippen LogP contribution in [0.4, 0.5) is 0 Å². The molecule has 10 nitrogen and oxygen atoms in total. The molecule has 0 aromatic rings. The van der Waals surface area contributed by atoms with Crippen molar-refractivity contribution in [2.24, 2.45) is 0 Å². The van der Waals surface area contributed by atoms with Crippen LogP contribution in [-0.4, -0.2) is 65.7 Å². The number of aliphatic hydroxyl groups is 2. The molecule has 0 heterocycles. The fourth-order valence-corrected chi connectivity index (χ4v) is 7.79. The fourth-order valence-electron chi connectivity index (χ4n) is 7.00. The number of allylic oxidation sites excluding steroid dienone is 8. The van der Waals surface area contributed by atoms with Gasteiger partial charge in [-0.3, -0.25) is 18.6 Å². The van der Waals surface area contributed by atoms with Gasteiger partial charge in [-0.15, -0.1) is 0 Å². The van der Waals surface area contributed by atoms with Crippen molar-refractivity contribution in [3.63, 3.8) is 0 Å². The van der Waals surface area contributed by atoms with Crippen LogP contribution in [0.15, 0.2) is 48.6 Å². The van der Waals surface area contributed by atoms with Gasteiger partial charge in [0.15, 0.2) is 6.10 Å². The van der Waals surface area contributed by atoms with Crippen LogP contribution in [-0.2, 0) is 32.7 Å². The van der Waals surface area contributed by atoms with Gasteiger partial charge in [0.2, 0.25) is 0 Å². The summed E-state index contributed by atoms with van der Waals surface area (Å²) in [6.07, 6.45) is 53.6. The number of carbonyl (C=O) groups is 2. The first kappa shape index (κ1) is 60.9. The maximum atomic E-state index is 12.7. The molecule has 0 radical (unpaired) electrons. The van der Waals surface area contributed by atoms with E-state index in [0.29, 0.717) is 12.8 Å². The second-order valence-electron chi connectivity index (χ2n) is 17.2. The number of ether oxygens (including phenoxy) is 2. The van der Waals surface area contributed by atoms with Gasteiger partial charge < -0.3 is 24.6 Å². The highest BCUT2D eigenvalue weighted by atomic mass is 31.2. The molecule has 0 aliphatic carbocycles. The largest absolute Gasteiger partial charge is 0.472 e. The third-order valence-corrected chi connectivity index (χ3v) is 11.9. The van der Waals surface area contributed by atoms with Crippen LogP contribution >= 0.6 is 7.82 Å². The van der Waals surface area contributed by atoms with Crippen molar-refractivity contribution in [1.29, 1.82) is 0 Å². The third-order valence-electron chi connectivity index (χ3n) is 11.0. The number of phosphoric acid groups is 1. The molecule has 0 saturated heterocycles. The van der Waals surface area contributed by atoms with Gasteiger partial charge in [0.05, 0.1) is 19.8 Å². The maximum absolute atomic E-state index is 12.7. The van der Waals surface area contributed by atoms with E-state index in [-0.39, 0.29) is 19.4 Å². The van der Waals surface area contributed by atoms with E-state index in [1.165, 1.54) is 122 Å². The molecule has 0 aliphatic rings. The van der Waals surface area contributed by atoms with E-state index in [9.17, 15) is 24.2 Å². The minimum absolute atomic E-state index is 0.169. The van der Waals surface area contributed by atoms with Gasteiger partial charge in [-0.1, -0.05) is 191 Å². The van der Waals surface area contributed by atoms with Gasteiger partial charge in [0.1, 0.15) is 12.7 Å². The quantitative estimate of drug-likeness (QED) is 0.0233. The Morgan fingerprint density at radius 3 is 1.29 bits per heavy atom. The Kier molecular flexibility index (Phi) is 46.3. The van der Waals surface area contributed by atoms with Gasteiger partial charge in [-0.25, -0.2) is 4.57 Å². The van der Waals surface area contributed by atoms with Crippen LogP contribution in [0.2, 0.25) is 0 Å². The second kappa shape index (κ2) is 47.9. The predicted octanol–water partition coefficient (Wildman–Crippen LogP) is 14.5. The number of hydrogen-bond donors (Lipinski definition) is 3. The number of hydrogen-bond acceptors (Lipinski definition) is 9. The minimum Gasteiger partial charge on any atom is -0.462 e. The van der Waals surface area contributed by atoms with Gasteiger partial charge >= 0.3 is 19.8 Å². The molecule has 0 aromatic heterocycles. The van der Waals surface area contributed by atoms with E-state index in [1.54, 1.807) is 0 Å². The van der Waals surface area contributed by atoms with Crippen molar-refractivity contribution < 1.29 is 47.8 Å². The summed E-state index contributed by atoms with van der Waals surface area (Å²) in [6.45, 7) is 2.36. The van der Waals surface area contributed by atoms with E-state index in [1.807, 2.05) is 0 Å². The zero-order valence-corrected chi connectivity index (χ0v) is 41.2. The Morgan fingerprint density at radius 1 is 0.476 bits per heavy atom. The van der Waals surface area contributed by atoms with Crippen LogP contribution in [0.5, 0.6) is 0 Å². The predicted molar refractivity (Wildman–Crippen MR) is 261 cm³/mol. The Bertz CT molecular complexity index is 1190. The van der Waals surface area contributed by atoms with Crippen molar-refractivity contribution in [2.75, 3.05) is 26.4 Å². The molecule has 368 valence electrons. The summed E-state index contributed by atoms with van der Waals surface area (Å²) in [5, 5.41) is 18.4. The lowest BCUT2D eigenvalue weighted by Crippen LogP contribution is -2.29. The van der Waals surface area contributed by atoms with Gasteiger partial charge in [-0.2, -0.15) is 0 Å². The van der Waals surface area contributed by atoms with Crippen molar-refractivity contribution >= 4 is 19.8 Å². The zero-order valence-electron chi connectivity index (χ0n) is 40.3. The van der Waals surface area contributed by atoms with Crippen molar-refractivity contribution in [1.82, 2.24) is 0 Å². The number of rotatable bonds is 48. The van der Waals surface area contributed by atoms with Gasteiger partial charge in [-0.05, 0) is 77.0 Å². The standard InChI is InChI=1S/C52H95O10P/c1-3-5-7-9-11-13-15-17-19-21-23-24-26-27-29-31-33-35-37-39-41-43-51(55)59-47-50(48-61-63(57,58)60-46-49(54)45-53)62-52(56)44-42-40-38-36-34-32-30-28-25-22-20-18-16-14-12-10-8-6-4-2/h12,14,18,20-21,23,25,28,49-50,53-54H,3-11,13,15-17,19,22,24,26-27,29-48H2,1-2H3,(H,57,58)/b14-12-,20-18-,23-21-,28-25-. The molecule has 0 spiro atoms. The SMILES string of the molecule is CCCCC/C=C\C/C=C\C/C=C\CCCCCCCCC(=O)OC(COC(=O)CCCCCCCCCCC/C=C\CCCCCCCCCC)COP(=O)(O)OCC(O)CO. The zero-order chi connectivity index (χ0) is 46.2. The van der Waals surface area contributed by atoms with E-state index in [0.717, 1.165) is 70.6 Å². The van der Waals surface area contributed by atoms with E-state index in [2.05, 4.69) is 62.5 Å². The molecule has 63 heavy (non-hydrogen) atoms. The fraction of sp³-hybridized carbons (Fsp3) is 0.808. The van der Waals surface area contributed by atoms with Crippen molar-refractivity contribution in [3.05, 3.63) is 48.6 Å². The average Bonchev–Trinajstić information content (AvgIpc) is 3.27. The Morgan fingerprint density at radius 2 is 0.825 bits per heavy atom. The van der Waals surface area contributed by atoms with Crippen LogP contribution in [0.1, 0.15) is 232 Å². The number of esters is 2. The average molecular weight is 911 g/mol. The first-order chi connectivity index (χ1) is 30.7. The van der Waals surface area contributed by atoms with Crippen LogP contribution < -0.4 is 0 Å². The molecule has 0 saturated carbocycles. The van der Waals surface area contributed by atoms with Crippen LogP contribution in [0, 0.1) is 0 Å². The normalized spacial score (nSPS) is 14.0. The monoisotopic (exact) mass is 911 g/mol. The third kappa shape index (κ3) is 47.7. The molecule has 0 fully saturated rings. The molecular weight excluding hydrogens is 816 g/mol. The number of aliphatic hydroxyl groups excluding tert-OH is 2. The topological polar surface area (TPSA) is 149 Å². The number of unbranched alkanes of at least 4 members (excludes halogenated alkanes) is 26. The van der Waals surface area contributed by atoms with Crippen molar-refractivity contribution in [2.45, 2.75) is 244 Å². The van der Waals surface area contributed by atoms with E-state index in [4.69, 9.17) is 23.6 Å². The van der Waals surface area contributed by atoms with Gasteiger partial charge in [0, 0.05) is 12.8 Å². The van der Waals surface area contributed by atoms with Crippen molar-refractivity contribution in [3.8, 4) is 0 Å². The summed E-state index contributed by atoms with van der Waals surface area (Å²) in [5.74, 6) is -0.936. The van der Waals surface area contributed by atoms with Crippen LogP contribution in [0.25, 0.3) is 0 Å². The molecule has 3 atom stereocenters. The highest BCUT2D eigenvalue weighted by Crippen LogP contribution is 2.43. The Balaban J connectivity index is 4.21. The summed E-state index contributed by atoms with van der Waals surface area (Å²) < 4.78 is 32.9. The lowest BCUT2D eigenvalue weighted by molar-refractivity contribution is -0.161. The Labute approximate surface area is 385 Å². The smallest absolute Gasteiger partial charge is 0.462 e. The molecular formula is C52H95O10P. The lowest BCUT2D eigenvalue weighted by atomic mass is 10.1. The highest BCUT2D eigenvalue weighted by molar-refractivity contribution is 7.47. The molecule has 11 heteroatoms. The summed E-state index contributed by atoms with van der Waals surface area (Å²) in [4.78, 5) is 35.2. The summed E-state index contributed by atoms with van der Waals surface area (Å²) in [7, 11) is -4.63. The maximum Gasteiger partial charge on any atom is 0.472 e. The minimum atomic E-state index is -4.63. The van der Waals surface area contributed by atoms with E-state index < -0.39 is 51.8 Å². The Hall–Kier alpha value is -2.07. The first-order valence-corrected chi connectivity index (χ1v) is 27.1. The second-order valence-corrected chi connectivity index (χ2v) is 18.6. The first-order valence-electron chi connectivity index (χ1n) is 25.6. The molecule has 0 rings (SSSR count). The molecule has 0 aliphatic heterocycles. The molecule has 0 bridgehead atoms. The molecule has 3 N–H and O–H groups in total. The summed E-state index contributed by atoms with van der Waals surface area (Å²) in [6, 6.07) is 0. The lowest BCUT2D eigenvalue weighted by Gasteiger charge is -2.20. The summed E-state index contributed by atoms with van der Waals surface area (Å²) >= 11 is 0. The summed E-state index contributed by atoms with van der Waals surface area (Å²) in [5.41, 5.74) is 0.